The molecule has 2 aliphatic heterocycles. The molecule has 3 unspecified atom stereocenters. The molecule has 0 saturated carbocycles. The summed E-state index contributed by atoms with van der Waals surface area (Å²) in [7, 11) is 2.23. The van der Waals surface area contributed by atoms with Crippen molar-refractivity contribution in [1.82, 2.24) is 4.90 Å². The lowest BCUT2D eigenvalue weighted by molar-refractivity contribution is -0.160. The zero-order valence-corrected chi connectivity index (χ0v) is 18.2. The molecule has 0 spiro atoms. The normalized spacial score (nSPS) is 42.4. The molecule has 1 fully saturated rings. The van der Waals surface area contributed by atoms with Crippen molar-refractivity contribution in [2.24, 2.45) is 23.5 Å². The Labute approximate surface area is 197 Å². The van der Waals surface area contributed by atoms with Crippen LogP contribution >= 0.6 is 0 Å². The number of hydrogen-bond acceptors (Lipinski definition) is 6. The summed E-state index contributed by atoms with van der Waals surface area (Å²) in [5.74, 6) is -6.38. The van der Waals surface area contributed by atoms with Crippen LogP contribution in [0, 0.1) is 17.7 Å². The van der Waals surface area contributed by atoms with Gasteiger partial charge in [-0.3, -0.25) is 9.69 Å². The Kier molecular flexibility index (Phi) is 3.74. The van der Waals surface area contributed by atoms with Crippen molar-refractivity contribution in [3.8, 4) is 11.5 Å². The van der Waals surface area contributed by atoms with Crippen LogP contribution < -0.4 is 15.2 Å². The van der Waals surface area contributed by atoms with Crippen LogP contribution in [-0.2, 0) is 15.9 Å². The Morgan fingerprint density at radius 1 is 1.30 bits per heavy atom. The van der Waals surface area contributed by atoms with Crippen LogP contribution in [0.25, 0.3) is 0 Å². The fraction of sp³-hybridized carbons (Fsp3) is 0.708. The van der Waals surface area contributed by atoms with Crippen molar-refractivity contribution in [1.29, 1.82) is 0 Å². The van der Waals surface area contributed by atoms with Gasteiger partial charge in [-0.15, -0.1) is 0 Å². The van der Waals surface area contributed by atoms with Gasteiger partial charge < -0.3 is 19.9 Å². The lowest BCUT2D eigenvalue weighted by Gasteiger charge is -2.47. The van der Waals surface area contributed by atoms with Crippen molar-refractivity contribution in [3.63, 3.8) is 0 Å². The second-order valence-corrected chi connectivity index (χ2v) is 7.97. The summed E-state index contributed by atoms with van der Waals surface area (Å²) in [5, 5.41) is 0. The molecule has 6 heteroatoms. The van der Waals surface area contributed by atoms with Gasteiger partial charge in [0.2, 0.25) is 0 Å². The molecule has 1 aromatic rings. The summed E-state index contributed by atoms with van der Waals surface area (Å²) in [6, 6.07) is -5.26. The number of benzene rings is 1. The highest BCUT2D eigenvalue weighted by Crippen LogP contribution is 2.44. The first-order valence-corrected chi connectivity index (χ1v) is 9.90. The van der Waals surface area contributed by atoms with E-state index in [2.05, 4.69) is 0 Å². The monoisotopic (exact) mass is 430 g/mol. The number of carbonyl (C=O) groups excluding carboxylic acids is 1. The first-order chi connectivity index (χ1) is 18.9. The van der Waals surface area contributed by atoms with Gasteiger partial charge in [-0.05, 0) is 47.8 Å². The lowest BCUT2D eigenvalue weighted by Crippen LogP contribution is -2.51. The molecule has 2 N–H and O–H groups in total. The van der Waals surface area contributed by atoms with E-state index in [4.69, 9.17) is 30.9 Å². The maximum absolute atomic E-state index is 13.2. The number of methoxy groups -OCH3 is 2. The van der Waals surface area contributed by atoms with Crippen LogP contribution in [0.4, 0.5) is 0 Å². The average Bonchev–Trinajstić information content (AvgIpc) is 2.84. The van der Waals surface area contributed by atoms with E-state index in [-0.39, 0.29) is 4.90 Å². The standard InChI is InChI=1S/C24H38N2O4/c1-14(2)9-17-13-26-8-7-16-10-21(28-5)22(29-6)11-18(16)19(26)12-20(17)30-24(27)23(25)15(3)4/h10-11,14-15,17,19-20,23H,7-9,12-13,25H2,1-6H3/t17?,19?,20?,23-/m0/s1/i7D2,8D2,10D,11D,12D2,13D2,17D,20D. The van der Waals surface area contributed by atoms with E-state index in [1.54, 1.807) is 27.7 Å². The molecule has 2 aliphatic rings. The third kappa shape index (κ3) is 4.75. The van der Waals surface area contributed by atoms with Crippen LogP contribution in [0.1, 0.15) is 74.1 Å². The van der Waals surface area contributed by atoms with Gasteiger partial charge in [-0.25, -0.2) is 0 Å². The second kappa shape index (κ2) is 9.56. The summed E-state index contributed by atoms with van der Waals surface area (Å²) in [4.78, 5) is 13.4. The van der Waals surface area contributed by atoms with Gasteiger partial charge in [0.1, 0.15) is 12.1 Å². The van der Waals surface area contributed by atoms with Crippen LogP contribution in [0.3, 0.4) is 0 Å². The molecule has 6 nitrogen and oxygen atoms in total. The van der Waals surface area contributed by atoms with E-state index < -0.39 is 109 Å². The smallest absolute Gasteiger partial charge is 0.323 e. The Morgan fingerprint density at radius 2 is 1.97 bits per heavy atom. The predicted molar refractivity (Wildman–Crippen MR) is 118 cm³/mol. The number of rotatable bonds is 7. The Balaban J connectivity index is 2.59. The molecular formula is C24H38N2O4. The van der Waals surface area contributed by atoms with E-state index in [0.29, 0.717) is 0 Å². The molecule has 4 atom stereocenters. The predicted octanol–water partition coefficient (Wildman–Crippen LogP) is 3.56. The summed E-state index contributed by atoms with van der Waals surface area (Å²) >= 11 is 0. The fourth-order valence-electron chi connectivity index (χ4n) is 3.10. The van der Waals surface area contributed by atoms with Gasteiger partial charge in [0.05, 0.1) is 18.3 Å². The zero-order chi connectivity index (χ0) is 32.8. The Hall–Kier alpha value is -1.79. The van der Waals surface area contributed by atoms with Gasteiger partial charge in [0.25, 0.3) is 0 Å². The topological polar surface area (TPSA) is 74.0 Å². The number of ether oxygens (including phenoxy) is 3. The van der Waals surface area contributed by atoms with E-state index >= 15 is 0 Å². The number of hydrogen-bond donors (Lipinski definition) is 1. The fourth-order valence-corrected chi connectivity index (χ4v) is 3.10. The SMILES string of the molecule is [2H]c1c(OC)c(OC)c([2H])c2c1C1N(C([2H])([2H])C2([2H])[2H])C([2H])([2H])C([2H])(CC(C)C)C([2H])(OC(=O)[C@@H](N)C(C)C)C1([2H])[2H]. The summed E-state index contributed by atoms with van der Waals surface area (Å²) in [6.07, 6.45) is -10.7. The molecule has 1 aromatic carbocycles. The molecule has 0 amide bonds. The highest BCUT2D eigenvalue weighted by atomic mass is 16.5. The first-order valence-electron chi connectivity index (χ1n) is 15.9. The largest absolute Gasteiger partial charge is 0.493 e. The van der Waals surface area contributed by atoms with Crippen LogP contribution in [0.15, 0.2) is 12.1 Å². The van der Waals surface area contributed by atoms with Gasteiger partial charge >= 0.3 is 5.97 Å². The Morgan fingerprint density at radius 3 is 2.57 bits per heavy atom. The maximum Gasteiger partial charge on any atom is 0.323 e. The number of nitrogens with zero attached hydrogens (tertiary/aromatic N) is 1. The minimum absolute atomic E-state index is 0.185. The van der Waals surface area contributed by atoms with Crippen molar-refractivity contribution < 1.29 is 35.5 Å². The minimum Gasteiger partial charge on any atom is -0.493 e. The van der Waals surface area contributed by atoms with Gasteiger partial charge in [-0.2, -0.15) is 0 Å². The third-order valence-corrected chi connectivity index (χ3v) is 4.81. The highest BCUT2D eigenvalue weighted by Gasteiger charge is 2.41. The van der Waals surface area contributed by atoms with Gasteiger partial charge in [0.15, 0.2) is 11.5 Å². The molecule has 2 heterocycles. The quantitative estimate of drug-likeness (QED) is 0.667. The van der Waals surface area contributed by atoms with E-state index in [0.717, 1.165) is 14.2 Å². The van der Waals surface area contributed by atoms with E-state index in [1.165, 1.54) is 0 Å². The minimum atomic E-state index is -3.47. The molecule has 0 aliphatic carbocycles. The highest BCUT2D eigenvalue weighted by molar-refractivity contribution is 5.76. The molecule has 30 heavy (non-hydrogen) atoms. The molecule has 0 bridgehead atoms. The van der Waals surface area contributed by atoms with Crippen molar-refractivity contribution in [2.45, 2.75) is 65.0 Å². The summed E-state index contributed by atoms with van der Waals surface area (Å²) in [6.45, 7) is -0.629. The molecule has 168 valence electrons. The molecule has 0 radical (unpaired) electrons. The van der Waals surface area contributed by atoms with Gasteiger partial charge in [0, 0.05) is 43.6 Å². The summed E-state index contributed by atoms with van der Waals surface area (Å²) in [5.41, 5.74) is 4.43. The Bertz CT molecular complexity index is 1260. The number of nitrogens with two attached hydrogens (primary N) is 1. The lowest BCUT2D eigenvalue weighted by atomic mass is 9.79. The van der Waals surface area contributed by atoms with Crippen LogP contribution in [-0.4, -0.2) is 50.2 Å². The number of piperidine rings is 1. The van der Waals surface area contributed by atoms with Crippen molar-refractivity contribution in [3.05, 3.63) is 23.2 Å². The van der Waals surface area contributed by atoms with Crippen LogP contribution in [0.5, 0.6) is 11.5 Å². The van der Waals surface area contributed by atoms with Gasteiger partial charge in [-0.1, -0.05) is 27.7 Å². The molecule has 1 saturated heterocycles. The second-order valence-electron chi connectivity index (χ2n) is 7.97. The first kappa shape index (κ1) is 11.7. The van der Waals surface area contributed by atoms with E-state index in [1.807, 2.05) is 0 Å². The zero-order valence-electron chi connectivity index (χ0n) is 30.2. The molecule has 3 rings (SSSR count). The summed E-state index contributed by atoms with van der Waals surface area (Å²) < 4.78 is 124. The number of fused-ring (bicyclic) bond motifs is 3. The number of carbonyl (C=O) groups is 1. The van der Waals surface area contributed by atoms with Crippen molar-refractivity contribution in [2.75, 3.05) is 27.2 Å². The molecule has 0 aromatic heterocycles. The third-order valence-electron chi connectivity index (χ3n) is 4.81. The maximum atomic E-state index is 13.2. The van der Waals surface area contributed by atoms with Crippen LogP contribution in [0.2, 0.25) is 0 Å². The van der Waals surface area contributed by atoms with Crippen molar-refractivity contribution >= 4 is 5.97 Å². The average molecular weight is 431 g/mol. The number of esters is 1. The molecular weight excluding hydrogens is 380 g/mol. The van der Waals surface area contributed by atoms with E-state index in [9.17, 15) is 10.3 Å².